The summed E-state index contributed by atoms with van der Waals surface area (Å²) < 4.78 is 10.0. The van der Waals surface area contributed by atoms with E-state index >= 15 is 0 Å². The summed E-state index contributed by atoms with van der Waals surface area (Å²) >= 11 is 0. The van der Waals surface area contributed by atoms with Crippen molar-refractivity contribution in [2.45, 2.75) is 50.4 Å². The lowest BCUT2D eigenvalue weighted by Gasteiger charge is -2.39. The first kappa shape index (κ1) is 14.3. The van der Waals surface area contributed by atoms with Crippen molar-refractivity contribution >= 4 is 5.97 Å². The van der Waals surface area contributed by atoms with Gasteiger partial charge in [0.2, 0.25) is 6.29 Å². The predicted octanol–water partition coefficient (Wildman–Crippen LogP) is -1.90. The van der Waals surface area contributed by atoms with Gasteiger partial charge in [0.05, 0.1) is 12.6 Å². The third-order valence-electron chi connectivity index (χ3n) is 2.63. The molecular weight excluding hydrogens is 230 g/mol. The molecule has 0 aliphatic carbocycles. The fourth-order valence-corrected chi connectivity index (χ4v) is 1.60. The van der Waals surface area contributed by atoms with Crippen molar-refractivity contribution in [1.82, 2.24) is 0 Å². The summed E-state index contributed by atoms with van der Waals surface area (Å²) in [5, 5.41) is 28.1. The number of carbonyl (C=O) groups is 1. The molecule has 1 rings (SSSR count). The highest BCUT2D eigenvalue weighted by Gasteiger charge is 2.44. The Morgan fingerprint density at radius 1 is 1.41 bits per heavy atom. The van der Waals surface area contributed by atoms with E-state index in [1.165, 1.54) is 0 Å². The minimum atomic E-state index is -1.31. The third-order valence-corrected chi connectivity index (χ3v) is 2.63. The molecule has 7 heteroatoms. The SMILES string of the molecule is CCCC(=O)OC1O[C@H](CO)[C@H](O)[C@H](O)[C@H]1N. The van der Waals surface area contributed by atoms with Crippen LogP contribution in [-0.4, -0.2) is 58.5 Å². The lowest BCUT2D eigenvalue weighted by molar-refractivity contribution is -0.259. The lowest BCUT2D eigenvalue weighted by Crippen LogP contribution is -2.62. The summed E-state index contributed by atoms with van der Waals surface area (Å²) in [5.74, 6) is -0.492. The van der Waals surface area contributed by atoms with Gasteiger partial charge in [-0.25, -0.2) is 0 Å². The van der Waals surface area contributed by atoms with E-state index in [4.69, 9.17) is 20.3 Å². The van der Waals surface area contributed by atoms with Gasteiger partial charge >= 0.3 is 5.97 Å². The van der Waals surface area contributed by atoms with Gasteiger partial charge in [0.15, 0.2) is 0 Å². The summed E-state index contributed by atoms with van der Waals surface area (Å²) in [6, 6.07) is -1.03. The predicted molar refractivity (Wildman–Crippen MR) is 56.7 cm³/mol. The van der Waals surface area contributed by atoms with Crippen LogP contribution in [0.1, 0.15) is 19.8 Å². The second kappa shape index (κ2) is 6.27. The van der Waals surface area contributed by atoms with Crippen molar-refractivity contribution in [3.05, 3.63) is 0 Å². The molecule has 0 amide bonds. The van der Waals surface area contributed by atoms with Gasteiger partial charge in [-0.2, -0.15) is 0 Å². The maximum absolute atomic E-state index is 11.3. The Morgan fingerprint density at radius 2 is 2.06 bits per heavy atom. The van der Waals surface area contributed by atoms with Gasteiger partial charge in [-0.05, 0) is 6.42 Å². The number of rotatable bonds is 4. The van der Waals surface area contributed by atoms with Gasteiger partial charge in [0.1, 0.15) is 18.3 Å². The molecule has 1 heterocycles. The van der Waals surface area contributed by atoms with Crippen molar-refractivity contribution in [2.24, 2.45) is 5.73 Å². The molecule has 0 spiro atoms. The Morgan fingerprint density at radius 3 is 2.59 bits per heavy atom. The van der Waals surface area contributed by atoms with Gasteiger partial charge < -0.3 is 30.5 Å². The molecule has 1 unspecified atom stereocenters. The highest BCUT2D eigenvalue weighted by atomic mass is 16.7. The number of ether oxygens (including phenoxy) is 2. The first-order valence-corrected chi connectivity index (χ1v) is 5.58. The summed E-state index contributed by atoms with van der Waals surface area (Å²) in [7, 11) is 0. The maximum atomic E-state index is 11.3. The molecule has 1 aliphatic heterocycles. The number of aliphatic hydroxyl groups excluding tert-OH is 3. The molecule has 5 atom stereocenters. The zero-order valence-corrected chi connectivity index (χ0v) is 9.65. The fourth-order valence-electron chi connectivity index (χ4n) is 1.60. The van der Waals surface area contributed by atoms with Gasteiger partial charge in [-0.15, -0.1) is 0 Å². The molecule has 17 heavy (non-hydrogen) atoms. The quantitative estimate of drug-likeness (QED) is 0.429. The minimum Gasteiger partial charge on any atom is -0.434 e. The van der Waals surface area contributed by atoms with E-state index < -0.39 is 43.2 Å². The molecule has 1 aliphatic rings. The van der Waals surface area contributed by atoms with Crippen LogP contribution in [-0.2, 0) is 14.3 Å². The van der Waals surface area contributed by atoms with Crippen molar-refractivity contribution in [3.63, 3.8) is 0 Å². The first-order chi connectivity index (χ1) is 8.01. The van der Waals surface area contributed by atoms with Crippen LogP contribution in [0.25, 0.3) is 0 Å². The standard InChI is InChI=1S/C10H19NO6/c1-2-3-6(13)17-10-7(11)9(15)8(14)5(4-12)16-10/h5,7-10,12,14-15H,2-4,11H2,1H3/t5-,7-,8+,9-,10?/m1/s1. The molecule has 7 nitrogen and oxygen atoms in total. The molecule has 0 radical (unpaired) electrons. The van der Waals surface area contributed by atoms with Crippen molar-refractivity contribution < 1.29 is 29.6 Å². The monoisotopic (exact) mass is 249 g/mol. The molecule has 0 bridgehead atoms. The number of aliphatic hydroxyl groups is 3. The van der Waals surface area contributed by atoms with E-state index in [-0.39, 0.29) is 6.42 Å². The largest absolute Gasteiger partial charge is 0.434 e. The van der Waals surface area contributed by atoms with Gasteiger partial charge in [0, 0.05) is 6.42 Å². The molecule has 0 aromatic heterocycles. The van der Waals surface area contributed by atoms with Crippen molar-refractivity contribution in [2.75, 3.05) is 6.61 Å². The zero-order valence-electron chi connectivity index (χ0n) is 9.65. The maximum Gasteiger partial charge on any atom is 0.308 e. The fraction of sp³-hybridized carbons (Fsp3) is 0.900. The van der Waals surface area contributed by atoms with Crippen LogP contribution in [0.5, 0.6) is 0 Å². The van der Waals surface area contributed by atoms with Gasteiger partial charge in [0.25, 0.3) is 0 Å². The van der Waals surface area contributed by atoms with E-state index in [1.54, 1.807) is 0 Å². The Kier molecular flexibility index (Phi) is 5.29. The normalized spacial score (nSPS) is 37.8. The van der Waals surface area contributed by atoms with Gasteiger partial charge in [-0.1, -0.05) is 6.92 Å². The van der Waals surface area contributed by atoms with E-state index in [2.05, 4.69) is 0 Å². The Labute approximate surface area is 99.1 Å². The van der Waals surface area contributed by atoms with E-state index in [1.807, 2.05) is 6.92 Å². The lowest BCUT2D eigenvalue weighted by atomic mass is 9.98. The van der Waals surface area contributed by atoms with E-state index in [0.717, 1.165) is 0 Å². The van der Waals surface area contributed by atoms with Crippen LogP contribution >= 0.6 is 0 Å². The first-order valence-electron chi connectivity index (χ1n) is 5.58. The Bertz CT molecular complexity index is 259. The summed E-state index contributed by atoms with van der Waals surface area (Å²) in [6.07, 6.45) is -3.92. The highest BCUT2D eigenvalue weighted by molar-refractivity contribution is 5.69. The van der Waals surface area contributed by atoms with Crippen molar-refractivity contribution in [1.29, 1.82) is 0 Å². The zero-order chi connectivity index (χ0) is 13.0. The van der Waals surface area contributed by atoms with Crippen LogP contribution in [0.4, 0.5) is 0 Å². The van der Waals surface area contributed by atoms with Gasteiger partial charge in [-0.3, -0.25) is 4.79 Å². The van der Waals surface area contributed by atoms with Crippen LogP contribution in [0.2, 0.25) is 0 Å². The molecule has 1 fully saturated rings. The topological polar surface area (TPSA) is 122 Å². The molecule has 0 saturated carbocycles. The third kappa shape index (κ3) is 3.36. The number of esters is 1. The Hall–Kier alpha value is -0.730. The molecule has 0 aromatic rings. The average Bonchev–Trinajstić information content (AvgIpc) is 2.30. The molecular formula is C10H19NO6. The second-order valence-corrected chi connectivity index (χ2v) is 4.02. The van der Waals surface area contributed by atoms with Crippen molar-refractivity contribution in [3.8, 4) is 0 Å². The summed E-state index contributed by atoms with van der Waals surface area (Å²) in [6.45, 7) is 1.32. The minimum absolute atomic E-state index is 0.217. The number of carbonyl (C=O) groups excluding carboxylic acids is 1. The summed E-state index contributed by atoms with van der Waals surface area (Å²) in [5.41, 5.74) is 5.58. The van der Waals surface area contributed by atoms with Crippen LogP contribution in [0.15, 0.2) is 0 Å². The number of nitrogens with two attached hydrogens (primary N) is 1. The highest BCUT2D eigenvalue weighted by Crippen LogP contribution is 2.21. The second-order valence-electron chi connectivity index (χ2n) is 4.02. The Balaban J connectivity index is 2.62. The van der Waals surface area contributed by atoms with Crippen LogP contribution in [0, 0.1) is 0 Å². The molecule has 1 saturated heterocycles. The smallest absolute Gasteiger partial charge is 0.308 e. The van der Waals surface area contributed by atoms with E-state index in [0.29, 0.717) is 6.42 Å². The molecule has 0 aromatic carbocycles. The molecule has 100 valence electrons. The van der Waals surface area contributed by atoms with E-state index in [9.17, 15) is 15.0 Å². The average molecular weight is 249 g/mol. The number of hydrogen-bond acceptors (Lipinski definition) is 7. The molecule has 5 N–H and O–H groups in total. The van der Waals surface area contributed by atoms with Crippen LogP contribution in [0.3, 0.4) is 0 Å². The summed E-state index contributed by atoms with van der Waals surface area (Å²) in [4.78, 5) is 11.3. The van der Waals surface area contributed by atoms with Crippen LogP contribution < -0.4 is 5.73 Å². The number of hydrogen-bond donors (Lipinski definition) is 4.